The summed E-state index contributed by atoms with van der Waals surface area (Å²) < 4.78 is 38.8. The van der Waals surface area contributed by atoms with Crippen LogP contribution in [0.5, 0.6) is 0 Å². The van der Waals surface area contributed by atoms with Gasteiger partial charge in [-0.1, -0.05) is 23.7 Å². The van der Waals surface area contributed by atoms with Gasteiger partial charge >= 0.3 is 12.1 Å². The molecule has 22 heavy (non-hydrogen) atoms. The highest BCUT2D eigenvalue weighted by Crippen LogP contribution is 2.33. The van der Waals surface area contributed by atoms with E-state index in [9.17, 15) is 18.0 Å². The molecule has 0 bridgehead atoms. The molecule has 4 nitrogen and oxygen atoms in total. The quantitative estimate of drug-likeness (QED) is 0.846. The summed E-state index contributed by atoms with van der Waals surface area (Å²) in [6.07, 6.45) is -5.10. The topological polar surface area (TPSA) is 63.1 Å². The fourth-order valence-electron chi connectivity index (χ4n) is 1.83. The van der Waals surface area contributed by atoms with E-state index in [1.807, 2.05) is 0 Å². The van der Waals surface area contributed by atoms with Gasteiger partial charge in [-0.2, -0.15) is 13.2 Å². The molecule has 116 valence electrons. The number of benzene rings is 1. The van der Waals surface area contributed by atoms with E-state index in [1.165, 1.54) is 12.1 Å². The zero-order valence-electron chi connectivity index (χ0n) is 10.7. The summed E-state index contributed by atoms with van der Waals surface area (Å²) >= 11 is 11.2. The van der Waals surface area contributed by atoms with Gasteiger partial charge in [0.2, 0.25) is 5.28 Å². The van der Waals surface area contributed by atoms with E-state index in [1.54, 1.807) is 12.1 Å². The normalized spacial score (nSPS) is 11.5. The van der Waals surface area contributed by atoms with Crippen molar-refractivity contribution in [3.8, 4) is 0 Å². The Morgan fingerprint density at radius 1 is 1.14 bits per heavy atom. The predicted molar refractivity (Wildman–Crippen MR) is 73.3 cm³/mol. The molecular formula is C13H7Cl2F3N2O2. The largest absolute Gasteiger partial charge is 0.478 e. The van der Waals surface area contributed by atoms with Crippen molar-refractivity contribution in [1.82, 2.24) is 9.97 Å². The average Bonchev–Trinajstić information content (AvgIpc) is 2.39. The molecule has 1 N–H and O–H groups in total. The fourth-order valence-corrected chi connectivity index (χ4v) is 2.14. The summed E-state index contributed by atoms with van der Waals surface area (Å²) in [5.74, 6) is -1.77. The van der Waals surface area contributed by atoms with Gasteiger partial charge in [0.1, 0.15) is 5.56 Å². The molecule has 0 atom stereocenters. The molecule has 0 saturated heterocycles. The Hall–Kier alpha value is -1.86. The summed E-state index contributed by atoms with van der Waals surface area (Å²) in [5, 5.41) is 8.86. The van der Waals surface area contributed by atoms with Gasteiger partial charge in [0.25, 0.3) is 0 Å². The Bertz CT molecular complexity index is 718. The number of carboxylic acid groups (broad SMARTS) is 1. The number of aromatic carboxylic acids is 1. The van der Waals surface area contributed by atoms with Crippen LogP contribution in [-0.2, 0) is 12.6 Å². The lowest BCUT2D eigenvalue weighted by Crippen LogP contribution is -2.19. The Balaban J connectivity index is 2.57. The van der Waals surface area contributed by atoms with Gasteiger partial charge in [0.15, 0.2) is 5.69 Å². The SMILES string of the molecule is O=C(O)c1c(Cc2ccc(Cl)cc2)nc(Cl)nc1C(F)(F)F. The number of halogens is 5. The van der Waals surface area contributed by atoms with Gasteiger partial charge in [0.05, 0.1) is 5.69 Å². The molecule has 1 aromatic heterocycles. The molecule has 0 saturated carbocycles. The highest BCUT2D eigenvalue weighted by Gasteiger charge is 2.39. The zero-order valence-corrected chi connectivity index (χ0v) is 12.2. The number of rotatable bonds is 3. The molecule has 0 amide bonds. The summed E-state index contributed by atoms with van der Waals surface area (Å²) in [6.45, 7) is 0. The first kappa shape index (κ1) is 16.5. The molecule has 1 heterocycles. The van der Waals surface area contributed by atoms with Crippen molar-refractivity contribution in [2.75, 3.05) is 0 Å². The van der Waals surface area contributed by atoms with Crippen LogP contribution in [0.1, 0.15) is 27.3 Å². The molecule has 0 aliphatic heterocycles. The number of aromatic nitrogens is 2. The molecule has 1 aromatic carbocycles. The second kappa shape index (κ2) is 6.10. The predicted octanol–water partition coefficient (Wildman–Crippen LogP) is 4.09. The van der Waals surface area contributed by atoms with Crippen LogP contribution in [0.25, 0.3) is 0 Å². The minimum Gasteiger partial charge on any atom is -0.478 e. The molecule has 0 fully saturated rings. The third kappa shape index (κ3) is 3.66. The number of hydrogen-bond acceptors (Lipinski definition) is 3. The van der Waals surface area contributed by atoms with E-state index in [-0.39, 0.29) is 12.1 Å². The van der Waals surface area contributed by atoms with Crippen LogP contribution in [0.3, 0.4) is 0 Å². The van der Waals surface area contributed by atoms with E-state index >= 15 is 0 Å². The average molecular weight is 351 g/mol. The number of nitrogens with zero attached hydrogens (tertiary/aromatic N) is 2. The monoisotopic (exact) mass is 350 g/mol. The number of carboxylic acids is 1. The summed E-state index contributed by atoms with van der Waals surface area (Å²) in [7, 11) is 0. The molecule has 0 spiro atoms. The standard InChI is InChI=1S/C13H7Cl2F3N2O2/c14-7-3-1-6(2-4-7)5-8-9(11(21)22)10(13(16,17)18)20-12(15)19-8/h1-4H,5H2,(H,21,22). The van der Waals surface area contributed by atoms with Gasteiger partial charge in [0, 0.05) is 11.4 Å². The molecule has 0 aliphatic carbocycles. The molecule has 0 radical (unpaired) electrons. The molecule has 2 rings (SSSR count). The van der Waals surface area contributed by atoms with Crippen LogP contribution in [0.15, 0.2) is 24.3 Å². The van der Waals surface area contributed by atoms with Crippen LogP contribution in [0, 0.1) is 0 Å². The highest BCUT2D eigenvalue weighted by molar-refractivity contribution is 6.30. The first-order valence-corrected chi connectivity index (χ1v) is 6.55. The van der Waals surface area contributed by atoms with Crippen LogP contribution in [0.4, 0.5) is 13.2 Å². The lowest BCUT2D eigenvalue weighted by Gasteiger charge is -2.13. The van der Waals surface area contributed by atoms with Crippen molar-refractivity contribution in [2.45, 2.75) is 12.6 Å². The van der Waals surface area contributed by atoms with Gasteiger partial charge in [-0.05, 0) is 29.3 Å². The van der Waals surface area contributed by atoms with E-state index < -0.39 is 28.7 Å². The minimum absolute atomic E-state index is 0.149. The molecule has 0 unspecified atom stereocenters. The number of alkyl halides is 3. The molecule has 9 heteroatoms. The summed E-state index contributed by atoms with van der Waals surface area (Å²) in [6, 6.07) is 6.17. The smallest absolute Gasteiger partial charge is 0.434 e. The first-order chi connectivity index (χ1) is 10.2. The van der Waals surface area contributed by atoms with E-state index in [2.05, 4.69) is 9.97 Å². The Kier molecular flexibility index (Phi) is 4.58. The van der Waals surface area contributed by atoms with Gasteiger partial charge < -0.3 is 5.11 Å². The van der Waals surface area contributed by atoms with Gasteiger partial charge in [-0.15, -0.1) is 0 Å². The summed E-state index contributed by atoms with van der Waals surface area (Å²) in [5.41, 5.74) is -2.35. The van der Waals surface area contributed by atoms with E-state index in [0.29, 0.717) is 10.6 Å². The fraction of sp³-hybridized carbons (Fsp3) is 0.154. The van der Waals surface area contributed by atoms with E-state index in [4.69, 9.17) is 28.3 Å². The third-order valence-electron chi connectivity index (χ3n) is 2.72. The Morgan fingerprint density at radius 2 is 1.73 bits per heavy atom. The Labute approximate surface area is 132 Å². The van der Waals surface area contributed by atoms with Crippen LogP contribution < -0.4 is 0 Å². The molecule has 2 aromatic rings. The van der Waals surface area contributed by atoms with Crippen molar-refractivity contribution in [3.63, 3.8) is 0 Å². The molecule has 0 aliphatic rings. The summed E-state index contributed by atoms with van der Waals surface area (Å²) in [4.78, 5) is 17.8. The number of hydrogen-bond donors (Lipinski definition) is 1. The van der Waals surface area contributed by atoms with Gasteiger partial charge in [-0.25, -0.2) is 14.8 Å². The van der Waals surface area contributed by atoms with Crippen LogP contribution in [0.2, 0.25) is 10.3 Å². The van der Waals surface area contributed by atoms with Crippen molar-refractivity contribution < 1.29 is 23.1 Å². The maximum absolute atomic E-state index is 12.9. The highest BCUT2D eigenvalue weighted by atomic mass is 35.5. The second-order valence-electron chi connectivity index (χ2n) is 4.27. The third-order valence-corrected chi connectivity index (χ3v) is 3.14. The minimum atomic E-state index is -4.95. The van der Waals surface area contributed by atoms with Crippen LogP contribution >= 0.6 is 23.2 Å². The second-order valence-corrected chi connectivity index (χ2v) is 5.04. The van der Waals surface area contributed by atoms with E-state index in [0.717, 1.165) is 0 Å². The Morgan fingerprint density at radius 3 is 2.23 bits per heavy atom. The van der Waals surface area contributed by atoms with Crippen molar-refractivity contribution in [3.05, 3.63) is 57.1 Å². The lowest BCUT2D eigenvalue weighted by molar-refractivity contribution is -0.141. The zero-order chi connectivity index (χ0) is 16.5. The first-order valence-electron chi connectivity index (χ1n) is 5.80. The maximum atomic E-state index is 12.9. The van der Waals surface area contributed by atoms with Crippen molar-refractivity contribution in [2.24, 2.45) is 0 Å². The van der Waals surface area contributed by atoms with Crippen LogP contribution in [-0.4, -0.2) is 21.0 Å². The lowest BCUT2D eigenvalue weighted by atomic mass is 10.0. The van der Waals surface area contributed by atoms with Crippen molar-refractivity contribution in [1.29, 1.82) is 0 Å². The van der Waals surface area contributed by atoms with Gasteiger partial charge in [-0.3, -0.25) is 0 Å². The van der Waals surface area contributed by atoms with Crippen molar-refractivity contribution >= 4 is 29.2 Å². The maximum Gasteiger partial charge on any atom is 0.434 e. The molecular weight excluding hydrogens is 344 g/mol. The number of carbonyl (C=O) groups is 1.